The highest BCUT2D eigenvalue weighted by Crippen LogP contribution is 2.26. The van der Waals surface area contributed by atoms with Gasteiger partial charge in [-0.2, -0.15) is 5.10 Å². The summed E-state index contributed by atoms with van der Waals surface area (Å²) >= 11 is 0. The first kappa shape index (κ1) is 18.4. The fraction of sp³-hybridized carbons (Fsp3) is 0.217. The van der Waals surface area contributed by atoms with E-state index in [1.54, 1.807) is 6.20 Å². The van der Waals surface area contributed by atoms with E-state index in [2.05, 4.69) is 36.4 Å². The van der Waals surface area contributed by atoms with Crippen LogP contribution in [0.3, 0.4) is 0 Å². The van der Waals surface area contributed by atoms with Crippen LogP contribution in [0.25, 0.3) is 22.0 Å². The van der Waals surface area contributed by atoms with Gasteiger partial charge in [-0.3, -0.25) is 24.8 Å². The van der Waals surface area contributed by atoms with E-state index < -0.39 is 0 Å². The molecule has 0 radical (unpaired) electrons. The molecule has 1 saturated heterocycles. The average molecular weight is 398 g/mol. The molecule has 4 heterocycles. The minimum absolute atomic E-state index is 0.270. The minimum Gasteiger partial charge on any atom is -0.319 e. The Labute approximate surface area is 174 Å². The maximum atomic E-state index is 12.8. The number of likely N-dealkylation sites (tertiary alicyclic amines) is 1. The third kappa shape index (κ3) is 3.67. The van der Waals surface area contributed by atoms with E-state index in [-0.39, 0.29) is 5.91 Å². The fourth-order valence-corrected chi connectivity index (χ4v) is 3.63. The van der Waals surface area contributed by atoms with Gasteiger partial charge in [0.05, 0.1) is 17.4 Å². The molecule has 3 aromatic heterocycles. The van der Waals surface area contributed by atoms with E-state index in [0.717, 1.165) is 47.4 Å². The van der Waals surface area contributed by atoms with Crippen LogP contribution in [-0.4, -0.2) is 44.1 Å². The van der Waals surface area contributed by atoms with Crippen molar-refractivity contribution in [2.24, 2.45) is 0 Å². The molecule has 7 heteroatoms. The van der Waals surface area contributed by atoms with Gasteiger partial charge in [0.2, 0.25) is 0 Å². The maximum absolute atomic E-state index is 12.8. The quantitative estimate of drug-likeness (QED) is 0.534. The highest BCUT2D eigenvalue weighted by Gasteiger charge is 2.17. The molecule has 150 valence electrons. The van der Waals surface area contributed by atoms with Gasteiger partial charge in [-0.25, -0.2) is 0 Å². The van der Waals surface area contributed by atoms with Crippen molar-refractivity contribution in [1.29, 1.82) is 0 Å². The monoisotopic (exact) mass is 398 g/mol. The van der Waals surface area contributed by atoms with Crippen molar-refractivity contribution < 1.29 is 4.79 Å². The smallest absolute Gasteiger partial charge is 0.276 e. The van der Waals surface area contributed by atoms with E-state index in [1.165, 1.54) is 12.0 Å². The molecule has 1 aliphatic heterocycles. The number of hydrogen-bond donors (Lipinski definition) is 2. The van der Waals surface area contributed by atoms with Crippen LogP contribution in [-0.2, 0) is 6.54 Å². The summed E-state index contributed by atoms with van der Waals surface area (Å²) in [6, 6.07) is 11.8. The Balaban J connectivity index is 1.43. The van der Waals surface area contributed by atoms with Gasteiger partial charge in [-0.1, -0.05) is 6.07 Å². The number of H-pyrrole nitrogens is 1. The molecule has 0 bridgehead atoms. The zero-order valence-corrected chi connectivity index (χ0v) is 16.7. The second-order valence-electron chi connectivity index (χ2n) is 7.69. The van der Waals surface area contributed by atoms with Gasteiger partial charge in [-0.15, -0.1) is 0 Å². The van der Waals surface area contributed by atoms with Crippen LogP contribution in [0.15, 0.2) is 55.0 Å². The molecule has 7 nitrogen and oxygen atoms in total. The molecule has 1 aliphatic rings. The predicted octanol–water partition coefficient (Wildman–Crippen LogP) is 3.79. The largest absolute Gasteiger partial charge is 0.319 e. The normalized spacial score (nSPS) is 13.9. The Morgan fingerprint density at radius 2 is 2.00 bits per heavy atom. The zero-order valence-electron chi connectivity index (χ0n) is 16.7. The van der Waals surface area contributed by atoms with Crippen molar-refractivity contribution in [1.82, 2.24) is 25.1 Å². The average Bonchev–Trinajstić information content (AvgIpc) is 3.16. The number of pyridine rings is 2. The van der Waals surface area contributed by atoms with Gasteiger partial charge in [-0.05, 0) is 67.9 Å². The van der Waals surface area contributed by atoms with Crippen LogP contribution in [0.4, 0.5) is 5.69 Å². The van der Waals surface area contributed by atoms with Crippen molar-refractivity contribution >= 4 is 22.5 Å². The van der Waals surface area contributed by atoms with Crippen LogP contribution in [0.1, 0.15) is 28.2 Å². The first-order chi connectivity index (χ1) is 14.7. The summed E-state index contributed by atoms with van der Waals surface area (Å²) in [6.45, 7) is 5.13. The number of carbonyl (C=O) groups is 1. The number of benzene rings is 1. The Morgan fingerprint density at radius 3 is 2.77 bits per heavy atom. The van der Waals surface area contributed by atoms with E-state index in [4.69, 9.17) is 0 Å². The third-order valence-electron chi connectivity index (χ3n) is 5.43. The highest BCUT2D eigenvalue weighted by molar-refractivity contribution is 6.11. The number of aromatic nitrogens is 4. The molecule has 30 heavy (non-hydrogen) atoms. The SMILES string of the molecule is Cc1ccc(NC(=O)c2n[nH]c3ccc(-c4cncc(CN5CCC5)c4)cc23)cn1. The van der Waals surface area contributed by atoms with E-state index in [1.807, 2.05) is 49.6 Å². The van der Waals surface area contributed by atoms with Crippen LogP contribution in [0.5, 0.6) is 0 Å². The number of hydrogen-bond acceptors (Lipinski definition) is 5. The molecule has 0 atom stereocenters. The Morgan fingerprint density at radius 1 is 1.10 bits per heavy atom. The second kappa shape index (κ2) is 7.68. The van der Waals surface area contributed by atoms with Crippen molar-refractivity contribution in [3.63, 3.8) is 0 Å². The van der Waals surface area contributed by atoms with E-state index in [9.17, 15) is 4.79 Å². The highest BCUT2D eigenvalue weighted by atomic mass is 16.1. The lowest BCUT2D eigenvalue weighted by Gasteiger charge is -2.30. The lowest BCUT2D eigenvalue weighted by Crippen LogP contribution is -2.36. The molecule has 5 rings (SSSR count). The Hall–Kier alpha value is -3.58. The van der Waals surface area contributed by atoms with Crippen molar-refractivity contribution in [3.05, 3.63) is 71.9 Å². The molecule has 0 saturated carbocycles. The number of nitrogens with zero attached hydrogens (tertiary/aromatic N) is 4. The third-order valence-corrected chi connectivity index (χ3v) is 5.43. The number of carbonyl (C=O) groups excluding carboxylic acids is 1. The standard InChI is InChI=1S/C23H22N6O/c1-15-3-5-19(13-25-15)26-23(30)22-20-10-17(4-6-21(20)27-28-22)18-9-16(11-24-12-18)14-29-7-2-8-29/h3-6,9-13H,2,7-8,14H2,1H3,(H,26,30)(H,27,28). The number of fused-ring (bicyclic) bond motifs is 1. The maximum Gasteiger partial charge on any atom is 0.276 e. The summed E-state index contributed by atoms with van der Waals surface area (Å²) in [6.07, 6.45) is 6.70. The van der Waals surface area contributed by atoms with E-state index >= 15 is 0 Å². The number of rotatable bonds is 5. The summed E-state index contributed by atoms with van der Waals surface area (Å²) in [5.74, 6) is -0.270. The molecular formula is C23H22N6O. The molecular weight excluding hydrogens is 376 g/mol. The minimum atomic E-state index is -0.270. The summed E-state index contributed by atoms with van der Waals surface area (Å²) < 4.78 is 0. The summed E-state index contributed by atoms with van der Waals surface area (Å²) in [7, 11) is 0. The van der Waals surface area contributed by atoms with Crippen LogP contribution in [0, 0.1) is 6.92 Å². The van der Waals surface area contributed by atoms with Crippen molar-refractivity contribution in [2.75, 3.05) is 18.4 Å². The first-order valence-corrected chi connectivity index (χ1v) is 10.0. The van der Waals surface area contributed by atoms with Crippen molar-refractivity contribution in [3.8, 4) is 11.1 Å². The van der Waals surface area contributed by atoms with Crippen LogP contribution >= 0.6 is 0 Å². The molecule has 0 unspecified atom stereocenters. The predicted molar refractivity (Wildman–Crippen MR) is 116 cm³/mol. The summed E-state index contributed by atoms with van der Waals surface area (Å²) in [5.41, 5.74) is 5.95. The van der Waals surface area contributed by atoms with Crippen LogP contribution < -0.4 is 5.32 Å². The number of aromatic amines is 1. The second-order valence-corrected chi connectivity index (χ2v) is 7.69. The summed E-state index contributed by atoms with van der Waals surface area (Å²) in [4.78, 5) is 23.8. The fourth-order valence-electron chi connectivity index (χ4n) is 3.63. The van der Waals surface area contributed by atoms with Crippen LogP contribution in [0.2, 0.25) is 0 Å². The first-order valence-electron chi connectivity index (χ1n) is 10.0. The van der Waals surface area contributed by atoms with Gasteiger partial charge < -0.3 is 5.32 Å². The summed E-state index contributed by atoms with van der Waals surface area (Å²) in [5, 5.41) is 10.8. The molecule has 2 N–H and O–H groups in total. The molecule has 0 spiro atoms. The molecule has 0 aliphatic carbocycles. The molecule has 1 amide bonds. The Bertz CT molecular complexity index is 1210. The van der Waals surface area contributed by atoms with Gasteiger partial charge in [0.25, 0.3) is 5.91 Å². The van der Waals surface area contributed by atoms with Gasteiger partial charge in [0.15, 0.2) is 5.69 Å². The lowest BCUT2D eigenvalue weighted by molar-refractivity contribution is 0.102. The zero-order chi connectivity index (χ0) is 20.5. The molecule has 4 aromatic rings. The molecule has 1 aromatic carbocycles. The van der Waals surface area contributed by atoms with Crippen molar-refractivity contribution in [2.45, 2.75) is 19.9 Å². The Kier molecular flexibility index (Phi) is 4.72. The molecule has 1 fully saturated rings. The topological polar surface area (TPSA) is 86.8 Å². The van der Waals surface area contributed by atoms with Gasteiger partial charge in [0, 0.05) is 35.6 Å². The van der Waals surface area contributed by atoms with Gasteiger partial charge in [0.1, 0.15) is 0 Å². The van der Waals surface area contributed by atoms with Gasteiger partial charge >= 0.3 is 0 Å². The lowest BCUT2D eigenvalue weighted by atomic mass is 10.0. The number of aryl methyl sites for hydroxylation is 1. The van der Waals surface area contributed by atoms with E-state index in [0.29, 0.717) is 11.4 Å². The number of nitrogens with one attached hydrogen (secondary N) is 2. The number of amides is 1. The number of anilines is 1.